The van der Waals surface area contributed by atoms with E-state index in [1.807, 2.05) is 0 Å². The highest BCUT2D eigenvalue weighted by molar-refractivity contribution is 7.11. The SMILES string of the molecule is [3H]c1csc(OCc2c(C3CC3)noc2-n2nnn(C)c2=O)n1. The van der Waals surface area contributed by atoms with Crippen molar-refractivity contribution in [3.8, 4) is 11.1 Å². The van der Waals surface area contributed by atoms with Crippen LogP contribution in [0, 0.1) is 0 Å². The number of nitrogens with zero attached hydrogens (tertiary/aromatic N) is 6. The predicted molar refractivity (Wildman–Crippen MR) is 75.1 cm³/mol. The predicted octanol–water partition coefficient (Wildman–Crippen LogP) is 0.867. The lowest BCUT2D eigenvalue weighted by atomic mass is 10.2. The van der Waals surface area contributed by atoms with Crippen LogP contribution < -0.4 is 10.4 Å². The Hall–Kier alpha value is -2.49. The Morgan fingerprint density at radius 3 is 3.05 bits per heavy atom. The molecule has 9 nitrogen and oxygen atoms in total. The average Bonchev–Trinajstić information content (AvgIpc) is 3.03. The van der Waals surface area contributed by atoms with Gasteiger partial charge in [0.25, 0.3) is 11.1 Å². The van der Waals surface area contributed by atoms with Crippen LogP contribution in [0.3, 0.4) is 0 Å². The van der Waals surface area contributed by atoms with Crippen LogP contribution in [0.1, 0.15) is 31.4 Å². The van der Waals surface area contributed by atoms with Gasteiger partial charge in [-0.1, -0.05) is 16.5 Å². The van der Waals surface area contributed by atoms with Crippen molar-refractivity contribution in [3.05, 3.63) is 33.3 Å². The molecule has 4 rings (SSSR count). The molecule has 1 fully saturated rings. The first-order chi connectivity index (χ1) is 11.1. The molecule has 0 atom stereocenters. The minimum absolute atomic E-state index is 0.140. The first kappa shape index (κ1) is 12.1. The van der Waals surface area contributed by atoms with Crippen molar-refractivity contribution in [2.45, 2.75) is 25.4 Å². The normalized spacial score (nSPS) is 15.0. The van der Waals surface area contributed by atoms with Crippen molar-refractivity contribution < 1.29 is 10.6 Å². The van der Waals surface area contributed by atoms with E-state index in [9.17, 15) is 4.79 Å². The molecule has 114 valence electrons. The molecule has 1 saturated carbocycles. The summed E-state index contributed by atoms with van der Waals surface area (Å²) in [5.41, 5.74) is 1.02. The fraction of sp³-hybridized carbons (Fsp3) is 0.417. The summed E-state index contributed by atoms with van der Waals surface area (Å²) >= 11 is 1.24. The van der Waals surface area contributed by atoms with Crippen LogP contribution in [-0.4, -0.2) is 29.9 Å². The molecular weight excluding hydrogens is 308 g/mol. The first-order valence-electron chi connectivity index (χ1n) is 7.16. The number of ether oxygens (including phenoxy) is 1. The van der Waals surface area contributed by atoms with Gasteiger partial charge in [-0.05, 0) is 23.3 Å². The molecule has 3 aromatic heterocycles. The van der Waals surface area contributed by atoms with Gasteiger partial charge in [-0.15, -0.1) is 4.68 Å². The maximum atomic E-state index is 12.0. The van der Waals surface area contributed by atoms with E-state index in [-0.39, 0.29) is 18.7 Å². The van der Waals surface area contributed by atoms with Gasteiger partial charge in [0, 0.05) is 24.5 Å². The molecule has 1 aliphatic carbocycles. The van der Waals surface area contributed by atoms with Gasteiger partial charge in [0.2, 0.25) is 0 Å². The molecule has 0 radical (unpaired) electrons. The molecule has 0 amide bonds. The minimum Gasteiger partial charge on any atom is -0.465 e. The standard InChI is InChI=1S/C12H12N6O3S/c1-17-12(19)18(16-15-17)10-8(6-20-11-13-4-5-22-11)9(14-21-10)7-2-3-7/h4-5,7H,2-3,6H2,1H3/i4T. The summed E-state index contributed by atoms with van der Waals surface area (Å²) in [5, 5.41) is 13.5. The van der Waals surface area contributed by atoms with Crippen LogP contribution in [0.15, 0.2) is 20.9 Å². The van der Waals surface area contributed by atoms with E-state index in [4.69, 9.17) is 10.6 Å². The lowest BCUT2D eigenvalue weighted by Crippen LogP contribution is -2.22. The zero-order valence-electron chi connectivity index (χ0n) is 12.6. The average molecular weight is 322 g/mol. The Morgan fingerprint density at radius 2 is 2.41 bits per heavy atom. The summed E-state index contributed by atoms with van der Waals surface area (Å²) in [7, 11) is 1.51. The maximum Gasteiger partial charge on any atom is 0.370 e. The van der Waals surface area contributed by atoms with Crippen LogP contribution >= 0.6 is 11.3 Å². The zero-order valence-corrected chi connectivity index (χ0v) is 12.4. The highest BCUT2D eigenvalue weighted by Gasteiger charge is 2.33. The topological polar surface area (TPSA) is 101 Å². The molecule has 0 saturated heterocycles. The van der Waals surface area contributed by atoms with E-state index >= 15 is 0 Å². The molecule has 0 aromatic carbocycles. The summed E-state index contributed by atoms with van der Waals surface area (Å²) < 4.78 is 20.5. The van der Waals surface area contributed by atoms with Crippen molar-refractivity contribution in [2.24, 2.45) is 7.05 Å². The summed E-state index contributed by atoms with van der Waals surface area (Å²) in [6.07, 6.45) is 2.22. The molecule has 22 heavy (non-hydrogen) atoms. The molecule has 0 aliphatic heterocycles. The van der Waals surface area contributed by atoms with Crippen molar-refractivity contribution in [1.82, 2.24) is 29.9 Å². The third kappa shape index (κ3) is 2.21. The van der Waals surface area contributed by atoms with Gasteiger partial charge < -0.3 is 9.26 Å². The lowest BCUT2D eigenvalue weighted by molar-refractivity contribution is 0.300. The third-order valence-corrected chi connectivity index (χ3v) is 4.02. The molecule has 1 aliphatic rings. The van der Waals surface area contributed by atoms with Gasteiger partial charge in [-0.3, -0.25) is 0 Å². The first-order valence-corrected chi connectivity index (χ1v) is 7.54. The quantitative estimate of drug-likeness (QED) is 0.687. The Kier molecular flexibility index (Phi) is 2.78. The van der Waals surface area contributed by atoms with Gasteiger partial charge >= 0.3 is 5.69 Å². The van der Waals surface area contributed by atoms with E-state index in [1.165, 1.54) is 18.4 Å². The second-order valence-electron chi connectivity index (χ2n) is 4.95. The minimum atomic E-state index is -0.424. The van der Waals surface area contributed by atoms with Gasteiger partial charge in [-0.2, -0.15) is 4.68 Å². The van der Waals surface area contributed by atoms with E-state index in [1.54, 1.807) is 5.38 Å². The number of aryl methyl sites for hydroxylation is 1. The Morgan fingerprint density at radius 1 is 1.55 bits per heavy atom. The number of hydrogen-bond donors (Lipinski definition) is 0. The second-order valence-corrected chi connectivity index (χ2v) is 5.77. The monoisotopic (exact) mass is 322 g/mol. The second kappa shape index (κ2) is 5.05. The Labute approximate surface area is 129 Å². The summed E-state index contributed by atoms with van der Waals surface area (Å²) in [6.45, 7) is 0.140. The van der Waals surface area contributed by atoms with E-state index in [2.05, 4.69) is 20.6 Å². The number of aromatic nitrogens is 6. The van der Waals surface area contributed by atoms with Crippen LogP contribution in [0.25, 0.3) is 5.88 Å². The van der Waals surface area contributed by atoms with Gasteiger partial charge in [0.05, 0.1) is 12.6 Å². The van der Waals surface area contributed by atoms with Gasteiger partial charge in [-0.25, -0.2) is 9.78 Å². The van der Waals surface area contributed by atoms with Gasteiger partial charge in [0.15, 0.2) is 0 Å². The Bertz CT molecular complexity index is 908. The van der Waals surface area contributed by atoms with Crippen molar-refractivity contribution in [3.63, 3.8) is 0 Å². The zero-order chi connectivity index (χ0) is 16.0. The van der Waals surface area contributed by atoms with Crippen molar-refractivity contribution in [1.29, 1.82) is 0 Å². The number of rotatable bonds is 5. The molecule has 0 unspecified atom stereocenters. The maximum absolute atomic E-state index is 12.0. The molecule has 3 heterocycles. The third-order valence-electron chi connectivity index (χ3n) is 3.38. The fourth-order valence-corrected chi connectivity index (χ4v) is 2.55. The van der Waals surface area contributed by atoms with Crippen LogP contribution in [0.2, 0.25) is 0 Å². The molecule has 10 heteroatoms. The Balaban J connectivity index is 1.69. The number of tetrazole rings is 1. The summed E-state index contributed by atoms with van der Waals surface area (Å²) in [6, 6.07) is 0. The summed E-state index contributed by atoms with van der Waals surface area (Å²) in [4.78, 5) is 16.0. The molecule has 0 spiro atoms. The van der Waals surface area contributed by atoms with Crippen LogP contribution in [0.4, 0.5) is 0 Å². The largest absolute Gasteiger partial charge is 0.465 e. The number of thiazole rings is 1. The highest BCUT2D eigenvalue weighted by atomic mass is 32.1. The van der Waals surface area contributed by atoms with Gasteiger partial charge in [0.1, 0.15) is 6.61 Å². The van der Waals surface area contributed by atoms with Crippen molar-refractivity contribution >= 4 is 11.3 Å². The summed E-state index contributed by atoms with van der Waals surface area (Å²) in [5.74, 6) is 0.536. The van der Waals surface area contributed by atoms with Crippen LogP contribution in [0.5, 0.6) is 5.19 Å². The van der Waals surface area contributed by atoms with Crippen LogP contribution in [-0.2, 0) is 13.7 Å². The van der Waals surface area contributed by atoms with E-state index < -0.39 is 5.69 Å². The van der Waals surface area contributed by atoms with E-state index in [0.29, 0.717) is 16.7 Å². The molecule has 0 N–H and O–H groups in total. The molecule has 3 aromatic rings. The van der Waals surface area contributed by atoms with Crippen molar-refractivity contribution in [2.75, 3.05) is 0 Å². The van der Waals surface area contributed by atoms with E-state index in [0.717, 1.165) is 27.9 Å². The molecule has 0 bridgehead atoms. The highest BCUT2D eigenvalue weighted by Crippen LogP contribution is 2.42. The molecular formula is C12H12N6O3S. The lowest BCUT2D eigenvalue weighted by Gasteiger charge is -2.03. The number of hydrogen-bond acceptors (Lipinski definition) is 8. The smallest absolute Gasteiger partial charge is 0.370 e. The fourth-order valence-electron chi connectivity index (χ4n) is 2.12.